The van der Waals surface area contributed by atoms with Crippen LogP contribution in [-0.2, 0) is 9.47 Å². The summed E-state index contributed by atoms with van der Waals surface area (Å²) in [5, 5.41) is 10.2. The second-order valence-corrected chi connectivity index (χ2v) is 9.77. The number of methoxy groups -OCH3 is 1. The number of rotatable bonds is 5. The Balaban J connectivity index is 1.67. The molecule has 0 amide bonds. The second-order valence-electron chi connectivity index (χ2n) is 9.77. The first-order chi connectivity index (χ1) is 14.4. The lowest BCUT2D eigenvalue weighted by molar-refractivity contribution is -0.338. The highest BCUT2D eigenvalue weighted by molar-refractivity contribution is 5.28. The van der Waals surface area contributed by atoms with Gasteiger partial charge in [-0.25, -0.2) is 0 Å². The fourth-order valence-electron chi connectivity index (χ4n) is 6.73. The summed E-state index contributed by atoms with van der Waals surface area (Å²) in [4.78, 5) is 0. The highest BCUT2D eigenvalue weighted by Crippen LogP contribution is 2.65. The molecule has 7 atom stereocenters. The molecule has 4 heteroatoms. The van der Waals surface area contributed by atoms with Gasteiger partial charge in [0, 0.05) is 16.9 Å². The third-order valence-electron chi connectivity index (χ3n) is 8.45. The van der Waals surface area contributed by atoms with Crippen molar-refractivity contribution >= 4 is 0 Å². The van der Waals surface area contributed by atoms with Gasteiger partial charge in [-0.15, -0.1) is 6.58 Å². The lowest BCUT2D eigenvalue weighted by Gasteiger charge is -2.64. The molecule has 1 heterocycles. The van der Waals surface area contributed by atoms with Crippen LogP contribution in [0.3, 0.4) is 0 Å². The SMILES string of the molecule is C=CC[C@@H]1O[C@@H](c2ccc(OC)cc2)O[C@H]2CC[C@@]3(C)[C@@H](CCC(=C)[C@@H]3CO)[C@]12C. The third kappa shape index (κ3) is 3.24. The average Bonchev–Trinajstić information content (AvgIpc) is 2.74. The number of fused-ring (bicyclic) bond motifs is 3. The Morgan fingerprint density at radius 1 is 1.20 bits per heavy atom. The molecular weight excluding hydrogens is 376 g/mol. The van der Waals surface area contributed by atoms with E-state index in [4.69, 9.17) is 14.2 Å². The van der Waals surface area contributed by atoms with Crippen LogP contribution in [0.4, 0.5) is 0 Å². The Hall–Kier alpha value is -1.62. The molecule has 0 aromatic heterocycles. The molecule has 0 unspecified atom stereocenters. The number of ether oxygens (including phenoxy) is 3. The maximum atomic E-state index is 10.2. The molecule has 4 rings (SSSR count). The molecule has 4 nitrogen and oxygen atoms in total. The van der Waals surface area contributed by atoms with E-state index in [1.165, 1.54) is 5.57 Å². The second kappa shape index (κ2) is 8.14. The predicted molar refractivity (Wildman–Crippen MR) is 118 cm³/mol. The molecule has 1 N–H and O–H groups in total. The Morgan fingerprint density at radius 2 is 1.93 bits per heavy atom. The van der Waals surface area contributed by atoms with E-state index in [9.17, 15) is 5.11 Å². The van der Waals surface area contributed by atoms with Crippen LogP contribution in [0, 0.1) is 22.7 Å². The van der Waals surface area contributed by atoms with Gasteiger partial charge < -0.3 is 19.3 Å². The Morgan fingerprint density at radius 3 is 2.57 bits per heavy atom. The zero-order valence-corrected chi connectivity index (χ0v) is 18.6. The molecule has 30 heavy (non-hydrogen) atoms. The number of aliphatic hydroxyl groups is 1. The van der Waals surface area contributed by atoms with Gasteiger partial charge >= 0.3 is 0 Å². The van der Waals surface area contributed by atoms with Crippen molar-refractivity contribution in [2.24, 2.45) is 22.7 Å². The molecule has 1 aromatic carbocycles. The standard InChI is InChI=1S/C26H36O4/c1-6-7-22-26(4)21-13-8-17(2)20(16-27)25(21,3)15-14-23(26)30-24(29-22)18-9-11-19(28-5)12-10-18/h6,9-12,20-24,27H,1-2,7-8,13-16H2,3-5H3/t20-,21+,22-,23-,24+,25+,26+/m0/s1. The van der Waals surface area contributed by atoms with E-state index >= 15 is 0 Å². The maximum absolute atomic E-state index is 10.2. The van der Waals surface area contributed by atoms with E-state index in [2.05, 4.69) is 27.0 Å². The van der Waals surface area contributed by atoms with Crippen molar-refractivity contribution < 1.29 is 19.3 Å². The molecule has 3 aliphatic rings. The zero-order chi connectivity index (χ0) is 21.5. The van der Waals surface area contributed by atoms with Gasteiger partial charge in [0.05, 0.1) is 25.9 Å². The van der Waals surface area contributed by atoms with Crippen LogP contribution in [0.1, 0.15) is 57.8 Å². The molecular formula is C26H36O4. The Kier molecular flexibility index (Phi) is 5.86. The fraction of sp³-hybridized carbons (Fsp3) is 0.615. The van der Waals surface area contributed by atoms with Crippen LogP contribution in [-0.4, -0.2) is 31.0 Å². The summed E-state index contributed by atoms with van der Waals surface area (Å²) in [7, 11) is 1.67. The summed E-state index contributed by atoms with van der Waals surface area (Å²) in [5.74, 6) is 1.39. The van der Waals surface area contributed by atoms with Gasteiger partial charge in [0.15, 0.2) is 6.29 Å². The molecule has 1 aromatic rings. The highest BCUT2D eigenvalue weighted by Gasteiger charge is 2.63. The lowest BCUT2D eigenvalue weighted by Crippen LogP contribution is -2.64. The summed E-state index contributed by atoms with van der Waals surface area (Å²) in [5.41, 5.74) is 2.12. The maximum Gasteiger partial charge on any atom is 0.184 e. The normalized spacial score (nSPS) is 40.9. The average molecular weight is 413 g/mol. The fourth-order valence-corrected chi connectivity index (χ4v) is 6.73. The smallest absolute Gasteiger partial charge is 0.184 e. The summed E-state index contributed by atoms with van der Waals surface area (Å²) >= 11 is 0. The lowest BCUT2D eigenvalue weighted by atomic mass is 9.45. The largest absolute Gasteiger partial charge is 0.497 e. The van der Waals surface area contributed by atoms with Crippen LogP contribution < -0.4 is 4.74 Å². The minimum Gasteiger partial charge on any atom is -0.497 e. The van der Waals surface area contributed by atoms with Crippen LogP contribution in [0.15, 0.2) is 49.1 Å². The molecule has 0 radical (unpaired) electrons. The van der Waals surface area contributed by atoms with Gasteiger partial charge in [-0.2, -0.15) is 0 Å². The van der Waals surface area contributed by atoms with Crippen molar-refractivity contribution in [3.8, 4) is 5.75 Å². The number of hydrogen-bond donors (Lipinski definition) is 1. The van der Waals surface area contributed by atoms with Crippen LogP contribution in [0.2, 0.25) is 0 Å². The highest BCUT2D eigenvalue weighted by atomic mass is 16.7. The van der Waals surface area contributed by atoms with Gasteiger partial charge in [-0.05, 0) is 55.6 Å². The topological polar surface area (TPSA) is 47.9 Å². The van der Waals surface area contributed by atoms with Gasteiger partial charge in [0.1, 0.15) is 5.75 Å². The van der Waals surface area contributed by atoms with E-state index in [0.717, 1.165) is 43.4 Å². The third-order valence-corrected chi connectivity index (χ3v) is 8.45. The van der Waals surface area contributed by atoms with Gasteiger partial charge in [0.2, 0.25) is 0 Å². The summed E-state index contributed by atoms with van der Waals surface area (Å²) in [6.07, 6.45) is 6.58. The number of benzene rings is 1. The van der Waals surface area contributed by atoms with Crippen molar-refractivity contribution in [2.45, 2.75) is 64.4 Å². The number of hydrogen-bond acceptors (Lipinski definition) is 4. The first kappa shape index (κ1) is 21.6. The van der Waals surface area contributed by atoms with E-state index in [1.54, 1.807) is 7.11 Å². The summed E-state index contributed by atoms with van der Waals surface area (Å²) in [6, 6.07) is 7.96. The number of aliphatic hydroxyl groups excluding tert-OH is 1. The zero-order valence-electron chi connectivity index (χ0n) is 18.6. The van der Waals surface area contributed by atoms with Crippen LogP contribution >= 0.6 is 0 Å². The Bertz CT molecular complexity index is 787. The summed E-state index contributed by atoms with van der Waals surface area (Å²) in [6.45, 7) is 13.2. The predicted octanol–water partition coefficient (Wildman–Crippen LogP) is 5.44. The van der Waals surface area contributed by atoms with Crippen LogP contribution in [0.5, 0.6) is 5.75 Å². The van der Waals surface area contributed by atoms with Crippen molar-refractivity contribution in [1.82, 2.24) is 0 Å². The molecule has 0 spiro atoms. The first-order valence-corrected chi connectivity index (χ1v) is 11.2. The van der Waals surface area contributed by atoms with Crippen molar-refractivity contribution in [2.75, 3.05) is 13.7 Å². The van der Waals surface area contributed by atoms with Crippen molar-refractivity contribution in [1.29, 1.82) is 0 Å². The van der Waals surface area contributed by atoms with E-state index in [-0.39, 0.29) is 41.9 Å². The monoisotopic (exact) mass is 412 g/mol. The van der Waals surface area contributed by atoms with E-state index in [0.29, 0.717) is 5.92 Å². The summed E-state index contributed by atoms with van der Waals surface area (Å²) < 4.78 is 18.6. The van der Waals surface area contributed by atoms with Gasteiger partial charge in [-0.1, -0.05) is 44.2 Å². The minimum absolute atomic E-state index is 0.0222. The van der Waals surface area contributed by atoms with E-state index in [1.807, 2.05) is 30.3 Å². The van der Waals surface area contributed by atoms with Crippen molar-refractivity contribution in [3.05, 3.63) is 54.6 Å². The minimum atomic E-state index is -0.379. The molecule has 0 bridgehead atoms. The van der Waals surface area contributed by atoms with Crippen LogP contribution in [0.25, 0.3) is 0 Å². The molecule has 1 saturated heterocycles. The molecule has 1 aliphatic heterocycles. The van der Waals surface area contributed by atoms with E-state index < -0.39 is 0 Å². The Labute approximate surface area is 180 Å². The molecule has 164 valence electrons. The first-order valence-electron chi connectivity index (χ1n) is 11.2. The van der Waals surface area contributed by atoms with Gasteiger partial charge in [0.25, 0.3) is 0 Å². The molecule has 3 fully saturated rings. The van der Waals surface area contributed by atoms with Crippen molar-refractivity contribution in [3.63, 3.8) is 0 Å². The molecule has 2 aliphatic carbocycles. The molecule has 2 saturated carbocycles. The quantitative estimate of drug-likeness (QED) is 0.655. The van der Waals surface area contributed by atoms with Gasteiger partial charge in [-0.3, -0.25) is 0 Å².